The van der Waals surface area contributed by atoms with E-state index in [1.165, 1.54) is 147 Å². The fraction of sp³-hybridized carbons (Fsp3) is 0.913. The highest BCUT2D eigenvalue weighted by Crippen LogP contribution is 2.44. The Labute approximate surface area is 785 Å². The molecule has 0 aromatic rings. The van der Waals surface area contributed by atoms with Crippen molar-refractivity contribution in [3.63, 3.8) is 0 Å². The van der Waals surface area contributed by atoms with E-state index < -0.39 is 308 Å². The number of ether oxygens (including phenoxy) is 12. The number of hydrogen-bond donors (Lipinski definition) is 24. The Balaban J connectivity index is 1.28. The Morgan fingerprint density at radius 3 is 1.29 bits per heavy atom. The summed E-state index contributed by atoms with van der Waals surface area (Å²) in [7, 11) is 0. The van der Waals surface area contributed by atoms with Crippen LogP contribution in [0.5, 0.6) is 0 Å². The van der Waals surface area contributed by atoms with Gasteiger partial charge in [0.1, 0.15) is 128 Å². The minimum atomic E-state index is -3.68. The Bertz CT molecular complexity index is 3330. The van der Waals surface area contributed by atoms with Crippen molar-refractivity contribution in [3.05, 3.63) is 12.2 Å². The van der Waals surface area contributed by atoms with E-state index in [4.69, 9.17) is 56.8 Å². The molecule has 6 aliphatic heterocycles. The molecule has 3 amide bonds. The van der Waals surface area contributed by atoms with Gasteiger partial charge in [-0.1, -0.05) is 225 Å². The predicted octanol–water partition coefficient (Wildman–Crippen LogP) is -0.0473. The number of aliphatic hydroxyl groups is 19. The second kappa shape index (κ2) is 62.1. The van der Waals surface area contributed by atoms with Crippen LogP contribution in [0.2, 0.25) is 0 Å². The summed E-state index contributed by atoms with van der Waals surface area (Å²) in [5.74, 6) is -16.5. The van der Waals surface area contributed by atoms with E-state index in [0.717, 1.165) is 85.0 Å². The van der Waals surface area contributed by atoms with Gasteiger partial charge in [0.15, 0.2) is 25.2 Å². The average molecular weight is 1940 g/mol. The number of carbonyl (C=O) groups is 6. The molecule has 6 aliphatic rings. The number of carbonyl (C=O) groups excluding carboxylic acids is 4. The lowest BCUT2D eigenvalue weighted by molar-refractivity contribution is -0.407. The number of aliphatic hydroxyl groups excluding tert-OH is 19. The Hall–Kier alpha value is -4.48. The third-order valence-corrected chi connectivity index (χ3v) is 26.1. The molecule has 0 aromatic heterocycles. The van der Waals surface area contributed by atoms with Crippen molar-refractivity contribution < 1.29 is 193 Å². The van der Waals surface area contributed by atoms with Gasteiger partial charge in [0.25, 0.3) is 11.6 Å². The van der Waals surface area contributed by atoms with Crippen molar-refractivity contribution >= 4 is 35.4 Å². The molecule has 6 saturated heterocycles. The molecule has 0 bridgehead atoms. The van der Waals surface area contributed by atoms with Crippen LogP contribution in [0, 0.1) is 5.92 Å². The zero-order valence-electron chi connectivity index (χ0n) is 78.7. The number of aliphatic carboxylic acids is 2. The van der Waals surface area contributed by atoms with Crippen LogP contribution in [-0.4, -0.2) is 390 Å². The fourth-order valence-electron chi connectivity index (χ4n) is 18.4. The molecule has 780 valence electrons. The summed E-state index contributed by atoms with van der Waals surface area (Å²) < 4.78 is 72.6. The van der Waals surface area contributed by atoms with Gasteiger partial charge in [-0.2, -0.15) is 0 Å². The summed E-state index contributed by atoms with van der Waals surface area (Å²) in [5.41, 5.74) is 0. The van der Waals surface area contributed by atoms with E-state index in [0.29, 0.717) is 12.8 Å². The number of carboxylic acid groups (broad SMARTS) is 2. The van der Waals surface area contributed by atoms with Gasteiger partial charge in [-0.15, -0.1) is 0 Å². The highest BCUT2D eigenvalue weighted by molar-refractivity contribution is 5.78. The number of amides is 3. The largest absolute Gasteiger partial charge is 0.477 e. The lowest BCUT2D eigenvalue weighted by atomic mass is 9.86. The summed E-state index contributed by atoms with van der Waals surface area (Å²) >= 11 is 0. The Kier molecular flexibility index (Phi) is 54.7. The molecule has 134 heavy (non-hydrogen) atoms. The van der Waals surface area contributed by atoms with Gasteiger partial charge in [0, 0.05) is 45.4 Å². The molecule has 42 nitrogen and oxygen atoms in total. The lowest BCUT2D eigenvalue weighted by Crippen LogP contribution is -2.72. The first-order chi connectivity index (χ1) is 64.1. The van der Waals surface area contributed by atoms with E-state index in [1.807, 2.05) is 0 Å². The van der Waals surface area contributed by atoms with Gasteiger partial charge >= 0.3 is 11.9 Å². The maximum atomic E-state index is 14.5. The van der Waals surface area contributed by atoms with Crippen molar-refractivity contribution in [2.45, 2.75) is 480 Å². The number of allylic oxidation sites excluding steroid dienone is 1. The molecule has 6 rings (SSSR count). The smallest absolute Gasteiger partial charge is 0.364 e. The first-order valence-corrected chi connectivity index (χ1v) is 48.9. The Morgan fingerprint density at radius 1 is 0.425 bits per heavy atom. The van der Waals surface area contributed by atoms with Gasteiger partial charge < -0.3 is 185 Å². The molecule has 6 fully saturated rings. The highest BCUT2D eigenvalue weighted by Gasteiger charge is 2.64. The molecule has 0 spiro atoms. The molecular formula is C92H163N3O39. The second-order valence-corrected chi connectivity index (χ2v) is 37.1. The van der Waals surface area contributed by atoms with E-state index >= 15 is 0 Å². The predicted molar refractivity (Wildman–Crippen MR) is 473 cm³/mol. The van der Waals surface area contributed by atoms with Crippen LogP contribution < -0.4 is 16.0 Å². The van der Waals surface area contributed by atoms with E-state index in [1.54, 1.807) is 6.08 Å². The molecule has 42 heteroatoms. The first kappa shape index (κ1) is 118. The van der Waals surface area contributed by atoms with Crippen LogP contribution in [0.3, 0.4) is 0 Å². The standard InChI is InChI=1S/C92H163N3O39/c1-6-8-10-12-14-16-18-20-21-22-23-24-25-26-27-28-30-32-34-36-38-40-42-67(109)95-57(58(105)41-39-37-35-33-31-29-19-17-15-13-11-9-7-2)52-123-86-77(117)75(115)80(65(50-100)126-86)129-88-78(118)84(81(66(51-101)127-88)130-85-56(43-53(3)102)79(72(112)63(48-98)124-85)128-87-76(116)74(114)71(111)62(47-97)125-87)134-92(90(121)122)45-60(107)69(94-55(5)104)83(133-92)73(113)64(49-99)131-91(89(119)120)44-59(106)68(93-54(4)103)82(132-91)70(110)61(108)46-96/h39,41,56-66,68-88,96-101,105-108,110-118H,6-38,40,42-52H2,1-5H3,(H,93,103)(H,94,104)(H,95,109)(H,119,120)(H,121,122). The fourth-order valence-corrected chi connectivity index (χ4v) is 18.4. The second-order valence-electron chi connectivity index (χ2n) is 37.1. The number of ketones is 1. The summed E-state index contributed by atoms with van der Waals surface area (Å²) in [5, 5.41) is 246. The normalized spacial score (nSPS) is 33.9. The first-order valence-electron chi connectivity index (χ1n) is 48.9. The van der Waals surface area contributed by atoms with Crippen LogP contribution in [0.1, 0.15) is 279 Å². The zero-order chi connectivity index (χ0) is 98.8. The van der Waals surface area contributed by atoms with Gasteiger partial charge in [-0.3, -0.25) is 14.4 Å². The number of Topliss-reactive ketones (excluding diaryl/α,β-unsaturated/α-hetero) is 1. The maximum absolute atomic E-state index is 14.5. The molecule has 34 atom stereocenters. The molecule has 0 aliphatic carbocycles. The topological polar surface area (TPSA) is 674 Å². The maximum Gasteiger partial charge on any atom is 0.364 e. The molecule has 0 saturated carbocycles. The van der Waals surface area contributed by atoms with Gasteiger partial charge in [-0.05, 0) is 26.2 Å². The van der Waals surface area contributed by atoms with Crippen LogP contribution >= 0.6 is 0 Å². The van der Waals surface area contributed by atoms with Crippen molar-refractivity contribution in [1.82, 2.24) is 16.0 Å². The van der Waals surface area contributed by atoms with Crippen molar-refractivity contribution in [2.75, 3.05) is 46.2 Å². The number of rotatable bonds is 67. The summed E-state index contributed by atoms with van der Waals surface area (Å²) in [6, 6.07) is -5.10. The minimum Gasteiger partial charge on any atom is -0.477 e. The van der Waals surface area contributed by atoms with E-state index in [-0.39, 0.29) is 6.42 Å². The molecule has 34 unspecified atom stereocenters. The van der Waals surface area contributed by atoms with Crippen molar-refractivity contribution in [3.8, 4) is 0 Å². The third-order valence-electron chi connectivity index (χ3n) is 26.1. The molecule has 6 heterocycles. The van der Waals surface area contributed by atoms with Crippen LogP contribution in [0.4, 0.5) is 0 Å². The number of nitrogens with one attached hydrogen (secondary N) is 3. The number of unbranched alkanes of at least 4 members (excludes halogenated alkanes) is 32. The monoisotopic (exact) mass is 1930 g/mol. The van der Waals surface area contributed by atoms with Crippen LogP contribution in [0.25, 0.3) is 0 Å². The molecular weight excluding hydrogens is 1770 g/mol. The van der Waals surface area contributed by atoms with Gasteiger partial charge in [-0.25, -0.2) is 9.59 Å². The van der Waals surface area contributed by atoms with Crippen LogP contribution in [-0.2, 0) is 85.6 Å². The third kappa shape index (κ3) is 36.2. The van der Waals surface area contributed by atoms with Gasteiger partial charge in [0.05, 0.1) is 88.8 Å². The SMILES string of the molecule is CCCCCCCCCCCCCC=CC(O)C(COC1OC(CO)C(OC2OC(CO)C(OC3OC(CO)C(O)C(OC4OC(CO)C(O)C(O)C4O)C3CC(C)=O)C(OC3(C(=O)O)CC(O)C(NC(C)=O)C(C(O)C(CO)OC4(C(=O)O)CC(O)C(NC(C)=O)C(C(O)C(O)CO)O4)O3)C2O)C(O)C1O)NC(=O)CCCCCCCCCCCCCCCCCCCCCCCC. The Morgan fingerprint density at radius 2 is 0.828 bits per heavy atom. The highest BCUT2D eigenvalue weighted by atomic mass is 16.8. The van der Waals surface area contributed by atoms with Crippen molar-refractivity contribution in [2.24, 2.45) is 5.92 Å². The molecule has 0 radical (unpaired) electrons. The average Bonchev–Trinajstić information content (AvgIpc) is 0.742. The summed E-state index contributed by atoms with van der Waals surface area (Å²) in [6.45, 7) is -0.746. The number of hydrogen-bond acceptors (Lipinski definition) is 37. The summed E-state index contributed by atoms with van der Waals surface area (Å²) in [4.78, 5) is 80.7. The summed E-state index contributed by atoms with van der Waals surface area (Å²) in [6.07, 6.45) is -22.5. The van der Waals surface area contributed by atoms with Gasteiger partial charge in [0.2, 0.25) is 17.7 Å². The van der Waals surface area contributed by atoms with Crippen LogP contribution in [0.15, 0.2) is 12.2 Å². The van der Waals surface area contributed by atoms with E-state index in [2.05, 4.69) is 29.8 Å². The quantitative estimate of drug-likeness (QED) is 0.0280. The molecule has 0 aromatic carbocycles. The van der Waals surface area contributed by atoms with Crippen molar-refractivity contribution in [1.29, 1.82) is 0 Å². The number of carboxylic acids is 2. The zero-order valence-corrected chi connectivity index (χ0v) is 78.7. The lowest BCUT2D eigenvalue weighted by Gasteiger charge is -2.53. The molecule has 24 N–H and O–H groups in total. The minimum absolute atomic E-state index is 0.0893. The van der Waals surface area contributed by atoms with E-state index in [9.17, 15) is 136 Å².